The summed E-state index contributed by atoms with van der Waals surface area (Å²) in [5.41, 5.74) is 9.33. The predicted octanol–water partition coefficient (Wildman–Crippen LogP) is 4.05. The van der Waals surface area contributed by atoms with E-state index in [2.05, 4.69) is 40.6 Å². The summed E-state index contributed by atoms with van der Waals surface area (Å²) in [6.45, 7) is 4.18. The van der Waals surface area contributed by atoms with E-state index in [1.54, 1.807) is 0 Å². The number of azide groups is 1. The van der Waals surface area contributed by atoms with Crippen LogP contribution in [0.2, 0.25) is 0 Å². The Kier molecular flexibility index (Phi) is 6.10. The first-order valence-electron chi connectivity index (χ1n) is 5.53. The first-order valence-corrected chi connectivity index (χ1v) is 5.53. The Morgan fingerprint density at radius 2 is 2.18 bits per heavy atom. The fourth-order valence-corrected chi connectivity index (χ4v) is 1.48. The molecule has 0 heterocycles. The molecule has 1 aromatic carbocycles. The standard InChI is InChI=1S/C14H15N3/c1-2-8-13(11-6-7-12-16-17-15)14-9-4-3-5-10-14/h2-5,9-10,13H,1,7-8,12H2. The molecule has 0 fully saturated rings. The summed E-state index contributed by atoms with van der Waals surface area (Å²) in [4.78, 5) is 2.69. The molecule has 0 spiro atoms. The van der Waals surface area contributed by atoms with Crippen LogP contribution in [0.3, 0.4) is 0 Å². The van der Waals surface area contributed by atoms with Crippen LogP contribution in [0.5, 0.6) is 0 Å². The molecule has 1 aromatic rings. The van der Waals surface area contributed by atoms with Crippen molar-refractivity contribution < 1.29 is 0 Å². The molecular formula is C14H15N3. The molecule has 86 valence electrons. The maximum Gasteiger partial charge on any atom is 0.0486 e. The van der Waals surface area contributed by atoms with Crippen LogP contribution in [-0.4, -0.2) is 6.54 Å². The second kappa shape index (κ2) is 8.04. The van der Waals surface area contributed by atoms with Gasteiger partial charge in [0.15, 0.2) is 0 Å². The van der Waals surface area contributed by atoms with Crippen molar-refractivity contribution in [3.63, 3.8) is 0 Å². The van der Waals surface area contributed by atoms with Gasteiger partial charge in [0.05, 0.1) is 0 Å². The molecule has 1 rings (SSSR count). The molecule has 1 unspecified atom stereocenters. The van der Waals surface area contributed by atoms with Gasteiger partial charge in [-0.1, -0.05) is 47.4 Å². The van der Waals surface area contributed by atoms with Crippen LogP contribution in [0.25, 0.3) is 10.4 Å². The van der Waals surface area contributed by atoms with E-state index in [0.717, 1.165) is 6.42 Å². The minimum atomic E-state index is 0.180. The maximum atomic E-state index is 8.13. The van der Waals surface area contributed by atoms with Crippen LogP contribution in [0.1, 0.15) is 24.3 Å². The number of benzene rings is 1. The van der Waals surface area contributed by atoms with Gasteiger partial charge in [-0.2, -0.15) is 0 Å². The van der Waals surface area contributed by atoms with Crippen LogP contribution in [0.4, 0.5) is 0 Å². The molecule has 3 heteroatoms. The Morgan fingerprint density at radius 3 is 2.82 bits per heavy atom. The zero-order chi connectivity index (χ0) is 12.3. The topological polar surface area (TPSA) is 48.8 Å². The van der Waals surface area contributed by atoms with Crippen LogP contribution < -0.4 is 0 Å². The number of rotatable bonds is 5. The van der Waals surface area contributed by atoms with E-state index < -0.39 is 0 Å². The van der Waals surface area contributed by atoms with E-state index in [1.165, 1.54) is 5.56 Å². The van der Waals surface area contributed by atoms with Gasteiger partial charge in [-0.05, 0) is 17.5 Å². The molecule has 0 bridgehead atoms. The average Bonchev–Trinajstić information content (AvgIpc) is 2.38. The van der Waals surface area contributed by atoms with Gasteiger partial charge in [-0.3, -0.25) is 0 Å². The van der Waals surface area contributed by atoms with Gasteiger partial charge in [0.1, 0.15) is 0 Å². The van der Waals surface area contributed by atoms with Crippen molar-refractivity contribution in [1.82, 2.24) is 0 Å². The van der Waals surface area contributed by atoms with Gasteiger partial charge in [-0.15, -0.1) is 12.5 Å². The molecule has 0 aliphatic heterocycles. The van der Waals surface area contributed by atoms with Crippen molar-refractivity contribution in [3.8, 4) is 11.8 Å². The number of hydrogen-bond acceptors (Lipinski definition) is 1. The van der Waals surface area contributed by atoms with Gasteiger partial charge in [0.2, 0.25) is 0 Å². The second-order valence-corrected chi connectivity index (χ2v) is 3.51. The molecule has 3 nitrogen and oxygen atoms in total. The maximum absolute atomic E-state index is 8.13. The van der Waals surface area contributed by atoms with Gasteiger partial charge in [0, 0.05) is 23.8 Å². The van der Waals surface area contributed by atoms with E-state index in [4.69, 9.17) is 5.53 Å². The van der Waals surface area contributed by atoms with Crippen molar-refractivity contribution in [3.05, 3.63) is 59.0 Å². The largest absolute Gasteiger partial charge is 0.103 e. The summed E-state index contributed by atoms with van der Waals surface area (Å²) >= 11 is 0. The Balaban J connectivity index is 2.66. The fourth-order valence-electron chi connectivity index (χ4n) is 1.48. The van der Waals surface area contributed by atoms with Crippen molar-refractivity contribution in [2.45, 2.75) is 18.8 Å². The molecule has 0 aromatic heterocycles. The smallest absolute Gasteiger partial charge is 0.0486 e. The lowest BCUT2D eigenvalue weighted by molar-refractivity contribution is 0.890. The van der Waals surface area contributed by atoms with Crippen LogP contribution in [0.15, 0.2) is 48.1 Å². The first kappa shape index (κ1) is 12.9. The molecule has 17 heavy (non-hydrogen) atoms. The first-order chi connectivity index (χ1) is 8.38. The highest BCUT2D eigenvalue weighted by atomic mass is 15.1. The molecule has 0 saturated heterocycles. The molecular weight excluding hydrogens is 210 g/mol. The molecule has 0 aliphatic rings. The highest BCUT2D eigenvalue weighted by molar-refractivity contribution is 5.28. The lowest BCUT2D eigenvalue weighted by Gasteiger charge is -2.07. The average molecular weight is 225 g/mol. The predicted molar refractivity (Wildman–Crippen MR) is 70.4 cm³/mol. The van der Waals surface area contributed by atoms with Crippen LogP contribution in [0, 0.1) is 11.8 Å². The van der Waals surface area contributed by atoms with E-state index in [1.807, 2.05) is 24.3 Å². The Labute approximate surface area is 102 Å². The van der Waals surface area contributed by atoms with Crippen molar-refractivity contribution >= 4 is 0 Å². The Hall–Kier alpha value is -2.17. The summed E-state index contributed by atoms with van der Waals surface area (Å²) < 4.78 is 0. The third-order valence-corrected chi connectivity index (χ3v) is 2.28. The highest BCUT2D eigenvalue weighted by Crippen LogP contribution is 2.18. The van der Waals surface area contributed by atoms with Gasteiger partial charge in [-0.25, -0.2) is 0 Å². The molecule has 0 aliphatic carbocycles. The normalized spacial score (nSPS) is 10.6. The quantitative estimate of drug-likeness (QED) is 0.181. The summed E-state index contributed by atoms with van der Waals surface area (Å²) in [5.74, 6) is 6.41. The summed E-state index contributed by atoms with van der Waals surface area (Å²) in [7, 11) is 0. The number of hydrogen-bond donors (Lipinski definition) is 0. The SMILES string of the molecule is C=CCC(C#CCCN=[N+]=[N-])c1ccccc1. The van der Waals surface area contributed by atoms with Gasteiger partial charge < -0.3 is 0 Å². The van der Waals surface area contributed by atoms with Crippen LogP contribution >= 0.6 is 0 Å². The number of nitrogens with zero attached hydrogens (tertiary/aromatic N) is 3. The van der Waals surface area contributed by atoms with E-state index in [9.17, 15) is 0 Å². The monoisotopic (exact) mass is 225 g/mol. The molecule has 0 saturated carbocycles. The van der Waals surface area contributed by atoms with E-state index in [-0.39, 0.29) is 5.92 Å². The van der Waals surface area contributed by atoms with Crippen molar-refractivity contribution in [2.75, 3.05) is 6.54 Å². The summed E-state index contributed by atoms with van der Waals surface area (Å²) in [6.07, 6.45) is 3.31. The van der Waals surface area contributed by atoms with Crippen molar-refractivity contribution in [2.24, 2.45) is 5.11 Å². The molecule has 0 N–H and O–H groups in total. The van der Waals surface area contributed by atoms with Crippen molar-refractivity contribution in [1.29, 1.82) is 0 Å². The lowest BCUT2D eigenvalue weighted by atomic mass is 9.96. The zero-order valence-corrected chi connectivity index (χ0v) is 9.71. The molecule has 0 amide bonds. The number of allylic oxidation sites excluding steroid dienone is 1. The van der Waals surface area contributed by atoms with E-state index in [0.29, 0.717) is 13.0 Å². The zero-order valence-electron chi connectivity index (χ0n) is 9.71. The van der Waals surface area contributed by atoms with Gasteiger partial charge >= 0.3 is 0 Å². The Bertz CT molecular complexity index is 447. The third-order valence-electron chi connectivity index (χ3n) is 2.28. The summed E-state index contributed by atoms with van der Waals surface area (Å²) in [6, 6.07) is 10.1. The molecule has 0 radical (unpaired) electrons. The summed E-state index contributed by atoms with van der Waals surface area (Å²) in [5, 5.41) is 3.45. The minimum Gasteiger partial charge on any atom is -0.103 e. The van der Waals surface area contributed by atoms with E-state index >= 15 is 0 Å². The highest BCUT2D eigenvalue weighted by Gasteiger charge is 2.04. The molecule has 1 atom stereocenters. The van der Waals surface area contributed by atoms with Gasteiger partial charge in [0.25, 0.3) is 0 Å². The minimum absolute atomic E-state index is 0.180. The second-order valence-electron chi connectivity index (χ2n) is 3.51. The third kappa shape index (κ3) is 4.92. The Morgan fingerprint density at radius 1 is 1.41 bits per heavy atom. The van der Waals surface area contributed by atoms with Crippen LogP contribution in [-0.2, 0) is 0 Å². The fraction of sp³-hybridized carbons (Fsp3) is 0.286. The lowest BCUT2D eigenvalue weighted by Crippen LogP contribution is -1.93.